The van der Waals surface area contributed by atoms with Gasteiger partial charge in [0, 0.05) is 27.5 Å². The number of hydrogen-bond acceptors (Lipinski definition) is 6. The second-order valence-corrected chi connectivity index (χ2v) is 8.50. The first kappa shape index (κ1) is 18.3. The SMILES string of the molecule is O=C(NCCO)C1CCc2c(sc3ncnc(Nc4cccc(Br)c4)c23)C1. The van der Waals surface area contributed by atoms with Crippen LogP contribution in [0.2, 0.25) is 0 Å². The molecule has 140 valence electrons. The Kier molecular flexibility index (Phi) is 5.38. The minimum atomic E-state index is -0.0495. The minimum Gasteiger partial charge on any atom is -0.395 e. The number of benzene rings is 1. The molecule has 1 amide bonds. The molecular weight excluding hydrogens is 428 g/mol. The first-order valence-electron chi connectivity index (χ1n) is 8.82. The van der Waals surface area contributed by atoms with Crippen LogP contribution in [0.4, 0.5) is 11.5 Å². The number of rotatable bonds is 5. The smallest absolute Gasteiger partial charge is 0.223 e. The summed E-state index contributed by atoms with van der Waals surface area (Å²) in [5, 5.41) is 16.2. The molecule has 1 aliphatic rings. The molecule has 8 heteroatoms. The van der Waals surface area contributed by atoms with Crippen LogP contribution >= 0.6 is 27.3 Å². The number of thiophene rings is 1. The molecule has 2 aromatic heterocycles. The van der Waals surface area contributed by atoms with Crippen LogP contribution in [-0.2, 0) is 17.6 Å². The number of carbonyl (C=O) groups is 1. The molecule has 1 unspecified atom stereocenters. The van der Waals surface area contributed by atoms with Crippen LogP contribution in [0, 0.1) is 5.92 Å². The van der Waals surface area contributed by atoms with Crippen molar-refractivity contribution in [2.45, 2.75) is 19.3 Å². The van der Waals surface area contributed by atoms with Gasteiger partial charge in [-0.25, -0.2) is 9.97 Å². The predicted octanol–water partition coefficient (Wildman–Crippen LogP) is 3.41. The Bertz CT molecular complexity index is 991. The van der Waals surface area contributed by atoms with E-state index in [9.17, 15) is 4.79 Å². The summed E-state index contributed by atoms with van der Waals surface area (Å²) < 4.78 is 1.00. The van der Waals surface area contributed by atoms with E-state index in [1.807, 2.05) is 24.3 Å². The Hall–Kier alpha value is -2.03. The number of aliphatic hydroxyl groups excluding tert-OH is 1. The molecule has 3 N–H and O–H groups in total. The van der Waals surface area contributed by atoms with Crippen LogP contribution in [0.1, 0.15) is 16.9 Å². The summed E-state index contributed by atoms with van der Waals surface area (Å²) in [5.74, 6) is 0.774. The molecule has 2 heterocycles. The molecule has 1 aliphatic carbocycles. The molecule has 0 saturated heterocycles. The number of hydrogen-bond donors (Lipinski definition) is 3. The number of anilines is 2. The fraction of sp³-hybridized carbons (Fsp3) is 0.316. The van der Waals surface area contributed by atoms with Gasteiger partial charge in [-0.3, -0.25) is 4.79 Å². The summed E-state index contributed by atoms with van der Waals surface area (Å²) in [6.07, 6.45) is 3.91. The van der Waals surface area contributed by atoms with E-state index < -0.39 is 0 Å². The van der Waals surface area contributed by atoms with Crippen molar-refractivity contribution in [2.24, 2.45) is 5.92 Å². The Morgan fingerprint density at radius 3 is 3.07 bits per heavy atom. The number of fused-ring (bicyclic) bond motifs is 3. The zero-order valence-corrected chi connectivity index (χ0v) is 16.9. The predicted molar refractivity (Wildman–Crippen MR) is 110 cm³/mol. The summed E-state index contributed by atoms with van der Waals surface area (Å²) in [5.41, 5.74) is 2.21. The largest absolute Gasteiger partial charge is 0.395 e. The van der Waals surface area contributed by atoms with Crippen LogP contribution < -0.4 is 10.6 Å². The van der Waals surface area contributed by atoms with Crippen molar-refractivity contribution >= 4 is 54.9 Å². The van der Waals surface area contributed by atoms with E-state index in [-0.39, 0.29) is 18.4 Å². The topological polar surface area (TPSA) is 87.1 Å². The summed E-state index contributed by atoms with van der Waals surface area (Å²) in [4.78, 5) is 23.3. The molecule has 0 bridgehead atoms. The summed E-state index contributed by atoms with van der Waals surface area (Å²) in [6.45, 7) is 0.271. The zero-order valence-electron chi connectivity index (χ0n) is 14.5. The zero-order chi connectivity index (χ0) is 18.8. The quantitative estimate of drug-likeness (QED) is 0.558. The molecule has 0 aliphatic heterocycles. The molecule has 0 radical (unpaired) electrons. The Balaban J connectivity index is 1.64. The monoisotopic (exact) mass is 446 g/mol. The van der Waals surface area contributed by atoms with Gasteiger partial charge in [-0.05, 0) is 43.0 Å². The van der Waals surface area contributed by atoms with Crippen molar-refractivity contribution in [3.63, 3.8) is 0 Å². The minimum absolute atomic E-state index is 0.0192. The summed E-state index contributed by atoms with van der Waals surface area (Å²) >= 11 is 5.13. The van der Waals surface area contributed by atoms with Crippen LogP contribution in [0.5, 0.6) is 0 Å². The third-order valence-electron chi connectivity index (χ3n) is 4.71. The molecule has 3 aromatic rings. The Morgan fingerprint density at radius 1 is 1.37 bits per heavy atom. The second-order valence-electron chi connectivity index (χ2n) is 6.50. The van der Waals surface area contributed by atoms with Gasteiger partial charge >= 0.3 is 0 Å². The van der Waals surface area contributed by atoms with Gasteiger partial charge in [-0.15, -0.1) is 11.3 Å². The highest BCUT2D eigenvalue weighted by Gasteiger charge is 2.28. The van der Waals surface area contributed by atoms with Crippen molar-refractivity contribution in [2.75, 3.05) is 18.5 Å². The van der Waals surface area contributed by atoms with Gasteiger partial charge in [0.2, 0.25) is 5.91 Å². The third kappa shape index (κ3) is 3.83. The van der Waals surface area contributed by atoms with Crippen LogP contribution in [0.3, 0.4) is 0 Å². The van der Waals surface area contributed by atoms with Gasteiger partial charge in [0.25, 0.3) is 0 Å². The molecule has 0 saturated carbocycles. The molecule has 0 fully saturated rings. The number of aromatic nitrogens is 2. The number of nitrogens with one attached hydrogen (secondary N) is 2. The number of halogens is 1. The maximum absolute atomic E-state index is 12.3. The van der Waals surface area contributed by atoms with E-state index in [0.717, 1.165) is 39.0 Å². The van der Waals surface area contributed by atoms with Crippen molar-refractivity contribution in [1.82, 2.24) is 15.3 Å². The van der Waals surface area contributed by atoms with E-state index in [4.69, 9.17) is 5.11 Å². The standard InChI is InChI=1S/C19H19BrN4O2S/c20-12-2-1-3-13(9-12)24-17-16-14-5-4-11(18(26)21-6-7-25)8-15(14)27-19(16)23-10-22-17/h1-3,9-11,25H,4-8H2,(H,21,26)(H,22,23,24). The van der Waals surface area contributed by atoms with Crippen LogP contribution in [0.15, 0.2) is 35.1 Å². The Morgan fingerprint density at radius 2 is 2.26 bits per heavy atom. The third-order valence-corrected chi connectivity index (χ3v) is 6.37. The fourth-order valence-corrected chi connectivity index (χ4v) is 5.12. The molecule has 6 nitrogen and oxygen atoms in total. The van der Waals surface area contributed by atoms with E-state index in [1.54, 1.807) is 17.7 Å². The van der Waals surface area contributed by atoms with Gasteiger partial charge in [-0.2, -0.15) is 0 Å². The normalized spacial score (nSPS) is 16.1. The first-order chi connectivity index (χ1) is 13.2. The lowest BCUT2D eigenvalue weighted by Gasteiger charge is -2.21. The van der Waals surface area contributed by atoms with Crippen LogP contribution in [-0.4, -0.2) is 34.1 Å². The molecule has 27 heavy (non-hydrogen) atoms. The highest BCUT2D eigenvalue weighted by Crippen LogP contribution is 2.40. The van der Waals surface area contributed by atoms with Gasteiger partial charge in [0.15, 0.2) is 0 Å². The molecule has 4 rings (SSSR count). The Labute approximate surface area is 169 Å². The van der Waals surface area contributed by atoms with Crippen molar-refractivity contribution in [3.05, 3.63) is 45.5 Å². The highest BCUT2D eigenvalue weighted by molar-refractivity contribution is 9.10. The lowest BCUT2D eigenvalue weighted by atomic mass is 9.87. The average Bonchev–Trinajstić information content (AvgIpc) is 3.04. The fourth-order valence-electron chi connectivity index (χ4n) is 3.46. The number of aryl methyl sites for hydroxylation is 1. The maximum Gasteiger partial charge on any atom is 0.223 e. The molecular formula is C19H19BrN4O2S. The average molecular weight is 447 g/mol. The number of carbonyl (C=O) groups excluding carboxylic acids is 1. The highest BCUT2D eigenvalue weighted by atomic mass is 79.9. The summed E-state index contributed by atoms with van der Waals surface area (Å²) in [6, 6.07) is 7.96. The van der Waals surface area contributed by atoms with Crippen molar-refractivity contribution in [1.29, 1.82) is 0 Å². The van der Waals surface area contributed by atoms with E-state index in [2.05, 4.69) is 36.5 Å². The van der Waals surface area contributed by atoms with E-state index in [1.165, 1.54) is 10.4 Å². The van der Waals surface area contributed by atoms with Crippen molar-refractivity contribution in [3.8, 4) is 0 Å². The summed E-state index contributed by atoms with van der Waals surface area (Å²) in [7, 11) is 0. The van der Waals surface area contributed by atoms with E-state index in [0.29, 0.717) is 13.0 Å². The number of aliphatic hydroxyl groups is 1. The van der Waals surface area contributed by atoms with Crippen LogP contribution in [0.25, 0.3) is 10.2 Å². The van der Waals surface area contributed by atoms with Gasteiger partial charge in [-0.1, -0.05) is 22.0 Å². The molecule has 1 aromatic carbocycles. The molecule has 0 spiro atoms. The van der Waals surface area contributed by atoms with Gasteiger partial charge < -0.3 is 15.7 Å². The van der Waals surface area contributed by atoms with E-state index >= 15 is 0 Å². The van der Waals surface area contributed by atoms with Gasteiger partial charge in [0.05, 0.1) is 12.0 Å². The lowest BCUT2D eigenvalue weighted by Crippen LogP contribution is -2.35. The first-order valence-corrected chi connectivity index (χ1v) is 10.4. The molecule has 1 atom stereocenters. The van der Waals surface area contributed by atoms with Crippen molar-refractivity contribution < 1.29 is 9.90 Å². The second kappa shape index (κ2) is 7.92. The maximum atomic E-state index is 12.3. The number of amides is 1. The lowest BCUT2D eigenvalue weighted by molar-refractivity contribution is -0.125. The number of nitrogens with zero attached hydrogens (tertiary/aromatic N) is 2. The van der Waals surface area contributed by atoms with Gasteiger partial charge in [0.1, 0.15) is 17.0 Å².